The summed E-state index contributed by atoms with van der Waals surface area (Å²) in [6, 6.07) is 4.65. The van der Waals surface area contributed by atoms with Crippen LogP contribution >= 0.6 is 0 Å². The van der Waals surface area contributed by atoms with Gasteiger partial charge in [-0.25, -0.2) is 0 Å². The van der Waals surface area contributed by atoms with Crippen molar-refractivity contribution in [3.05, 3.63) is 58.2 Å². The lowest BCUT2D eigenvalue weighted by molar-refractivity contribution is -0.384. The number of nitrogens with one attached hydrogen (secondary N) is 1. The average Bonchev–Trinajstić information content (AvgIpc) is 2.31. The minimum absolute atomic E-state index is 0.109. The van der Waals surface area contributed by atoms with Crippen molar-refractivity contribution in [2.75, 3.05) is 5.32 Å². The van der Waals surface area contributed by atoms with Crippen molar-refractivity contribution >= 4 is 17.3 Å². The zero-order valence-corrected chi connectivity index (χ0v) is 10.2. The van der Waals surface area contributed by atoms with Crippen LogP contribution in [0.25, 0.3) is 0 Å². The molecule has 0 unspecified atom stereocenters. The molecule has 0 aliphatic carbocycles. The monoisotopic (exact) mass is 246 g/mol. The number of aryl methyl sites for hydroxylation is 1. The van der Waals surface area contributed by atoms with E-state index in [1.807, 2.05) is 6.92 Å². The summed E-state index contributed by atoms with van der Waals surface area (Å²) in [4.78, 5) is 21.8. The molecule has 0 spiro atoms. The summed E-state index contributed by atoms with van der Waals surface area (Å²) in [6.07, 6.45) is 6.35. The molecule has 0 fully saturated rings. The van der Waals surface area contributed by atoms with Gasteiger partial charge in [0.25, 0.3) is 5.69 Å². The molecule has 0 heterocycles. The minimum Gasteiger partial charge on any atom is -0.317 e. The summed E-state index contributed by atoms with van der Waals surface area (Å²) in [5, 5.41) is 13.3. The van der Waals surface area contributed by atoms with Crippen LogP contribution in [-0.2, 0) is 4.79 Å². The molecule has 1 aromatic rings. The van der Waals surface area contributed by atoms with E-state index >= 15 is 0 Å². The van der Waals surface area contributed by atoms with E-state index < -0.39 is 10.8 Å². The fourth-order valence-electron chi connectivity index (χ4n) is 1.33. The Morgan fingerprint density at radius 2 is 2.11 bits per heavy atom. The van der Waals surface area contributed by atoms with Crippen LogP contribution < -0.4 is 5.32 Å². The first kappa shape index (κ1) is 13.6. The molecule has 0 saturated heterocycles. The molecule has 0 radical (unpaired) electrons. The van der Waals surface area contributed by atoms with Crippen molar-refractivity contribution in [2.24, 2.45) is 0 Å². The number of benzene rings is 1. The lowest BCUT2D eigenvalue weighted by Gasteiger charge is -2.04. The molecule has 0 aromatic heterocycles. The van der Waals surface area contributed by atoms with Gasteiger partial charge in [-0.3, -0.25) is 14.9 Å². The van der Waals surface area contributed by atoms with E-state index in [0.717, 1.165) is 5.56 Å². The number of nitro groups is 1. The van der Waals surface area contributed by atoms with Crippen molar-refractivity contribution in [1.29, 1.82) is 0 Å². The van der Waals surface area contributed by atoms with Crippen LogP contribution in [0, 0.1) is 17.0 Å². The zero-order valence-electron chi connectivity index (χ0n) is 10.2. The van der Waals surface area contributed by atoms with Crippen LogP contribution in [-0.4, -0.2) is 10.8 Å². The van der Waals surface area contributed by atoms with Gasteiger partial charge in [0.1, 0.15) is 5.69 Å². The van der Waals surface area contributed by atoms with Crippen LogP contribution in [0.5, 0.6) is 0 Å². The molecule has 5 nitrogen and oxygen atoms in total. The number of rotatable bonds is 4. The minimum atomic E-state index is -0.516. The van der Waals surface area contributed by atoms with E-state index in [-0.39, 0.29) is 11.4 Å². The summed E-state index contributed by atoms with van der Waals surface area (Å²) in [5.41, 5.74) is 0.854. The predicted octanol–water partition coefficient (Wildman–Crippen LogP) is 2.97. The SMILES string of the molecule is C/C=C/C=C/C(=O)Nc1ccc(C)cc1[N+](=O)[O-]. The van der Waals surface area contributed by atoms with Crippen LogP contribution in [0.2, 0.25) is 0 Å². The molecule has 0 bridgehead atoms. The maximum absolute atomic E-state index is 11.5. The quantitative estimate of drug-likeness (QED) is 0.384. The van der Waals surface area contributed by atoms with Gasteiger partial charge < -0.3 is 5.32 Å². The molecule has 1 rings (SSSR count). The second-order valence-corrected chi connectivity index (χ2v) is 3.65. The number of nitrogens with zero attached hydrogens (tertiary/aromatic N) is 1. The molecule has 18 heavy (non-hydrogen) atoms. The van der Waals surface area contributed by atoms with Crippen molar-refractivity contribution in [3.63, 3.8) is 0 Å². The molecule has 5 heteroatoms. The number of carbonyl (C=O) groups is 1. The number of amides is 1. The van der Waals surface area contributed by atoms with E-state index in [9.17, 15) is 14.9 Å². The smallest absolute Gasteiger partial charge is 0.293 e. The van der Waals surface area contributed by atoms with Gasteiger partial charge in [-0.2, -0.15) is 0 Å². The summed E-state index contributed by atoms with van der Waals surface area (Å²) in [7, 11) is 0. The predicted molar refractivity (Wildman–Crippen MR) is 70.4 cm³/mol. The van der Waals surface area contributed by atoms with Gasteiger partial charge in [0.2, 0.25) is 5.91 Å². The summed E-state index contributed by atoms with van der Waals surface area (Å²) in [6.45, 7) is 3.58. The summed E-state index contributed by atoms with van der Waals surface area (Å²) < 4.78 is 0. The Morgan fingerprint density at radius 3 is 2.72 bits per heavy atom. The molecule has 1 aromatic carbocycles. The largest absolute Gasteiger partial charge is 0.317 e. The summed E-state index contributed by atoms with van der Waals surface area (Å²) in [5.74, 6) is -0.403. The van der Waals surface area contributed by atoms with E-state index in [4.69, 9.17) is 0 Å². The molecule has 0 atom stereocenters. The molecular formula is C13H14N2O3. The second-order valence-electron chi connectivity index (χ2n) is 3.65. The molecule has 94 valence electrons. The molecule has 0 aliphatic heterocycles. The molecular weight excluding hydrogens is 232 g/mol. The first-order valence-corrected chi connectivity index (χ1v) is 5.40. The normalized spacial score (nSPS) is 11.0. The van der Waals surface area contributed by atoms with Crippen molar-refractivity contribution in [1.82, 2.24) is 0 Å². The topological polar surface area (TPSA) is 72.2 Å². The van der Waals surface area contributed by atoms with Gasteiger partial charge in [-0.1, -0.05) is 24.3 Å². The van der Waals surface area contributed by atoms with Crippen molar-refractivity contribution in [2.45, 2.75) is 13.8 Å². The second kappa shape index (κ2) is 6.34. The van der Waals surface area contributed by atoms with Gasteiger partial charge in [0.05, 0.1) is 4.92 Å². The number of hydrogen-bond acceptors (Lipinski definition) is 3. The Morgan fingerprint density at radius 1 is 1.39 bits per heavy atom. The van der Waals surface area contributed by atoms with Crippen LogP contribution in [0.1, 0.15) is 12.5 Å². The molecule has 1 N–H and O–H groups in total. The van der Waals surface area contributed by atoms with Crippen LogP contribution in [0.3, 0.4) is 0 Å². The van der Waals surface area contributed by atoms with E-state index in [0.29, 0.717) is 0 Å². The Balaban J connectivity index is 2.90. The van der Waals surface area contributed by atoms with Gasteiger partial charge in [0.15, 0.2) is 0 Å². The Kier molecular flexibility index (Phi) is 4.80. The third kappa shape index (κ3) is 3.86. The number of hydrogen-bond donors (Lipinski definition) is 1. The van der Waals surface area contributed by atoms with E-state index in [2.05, 4.69) is 5.32 Å². The lowest BCUT2D eigenvalue weighted by atomic mass is 10.2. The number of allylic oxidation sites excluding steroid dienone is 3. The highest BCUT2D eigenvalue weighted by Gasteiger charge is 2.14. The Hall–Kier alpha value is -2.43. The van der Waals surface area contributed by atoms with Crippen molar-refractivity contribution < 1.29 is 9.72 Å². The zero-order chi connectivity index (χ0) is 13.5. The lowest BCUT2D eigenvalue weighted by Crippen LogP contribution is -2.09. The van der Waals surface area contributed by atoms with Gasteiger partial charge in [-0.05, 0) is 25.5 Å². The molecule has 1 amide bonds. The fraction of sp³-hybridized carbons (Fsp3) is 0.154. The van der Waals surface area contributed by atoms with Gasteiger partial charge >= 0.3 is 0 Å². The van der Waals surface area contributed by atoms with Crippen molar-refractivity contribution in [3.8, 4) is 0 Å². The highest BCUT2D eigenvalue weighted by atomic mass is 16.6. The molecule has 0 saturated carbocycles. The number of nitro benzene ring substituents is 1. The highest BCUT2D eigenvalue weighted by molar-refractivity contribution is 6.00. The Bertz CT molecular complexity index is 519. The third-order valence-electron chi connectivity index (χ3n) is 2.16. The first-order chi connectivity index (χ1) is 8.54. The van der Waals surface area contributed by atoms with Gasteiger partial charge in [0, 0.05) is 12.1 Å². The highest BCUT2D eigenvalue weighted by Crippen LogP contribution is 2.25. The average molecular weight is 246 g/mol. The number of carbonyl (C=O) groups excluding carboxylic acids is 1. The number of anilines is 1. The van der Waals surface area contributed by atoms with E-state index in [1.165, 1.54) is 18.2 Å². The Labute approximate surface area is 105 Å². The van der Waals surface area contributed by atoms with Crippen LogP contribution in [0.4, 0.5) is 11.4 Å². The fourth-order valence-corrected chi connectivity index (χ4v) is 1.33. The maximum atomic E-state index is 11.5. The first-order valence-electron chi connectivity index (χ1n) is 5.40. The standard InChI is InChI=1S/C13H14N2O3/c1-3-4-5-6-13(16)14-11-8-7-10(2)9-12(11)15(17)18/h3-9H,1-2H3,(H,14,16)/b4-3+,6-5+. The molecule has 0 aliphatic rings. The van der Waals surface area contributed by atoms with Crippen LogP contribution in [0.15, 0.2) is 42.5 Å². The summed E-state index contributed by atoms with van der Waals surface area (Å²) >= 11 is 0. The maximum Gasteiger partial charge on any atom is 0.293 e. The van der Waals surface area contributed by atoms with Gasteiger partial charge in [-0.15, -0.1) is 0 Å². The van der Waals surface area contributed by atoms with E-state index in [1.54, 1.807) is 31.2 Å². The third-order valence-corrected chi connectivity index (χ3v) is 2.16.